The zero-order valence-electron chi connectivity index (χ0n) is 24.2. The number of benzene rings is 2. The number of carbonyl (C=O) groups is 1. The molecule has 0 atom stereocenters. The number of hydrogen-bond donors (Lipinski definition) is 3. The number of amides is 1. The van der Waals surface area contributed by atoms with Crippen molar-refractivity contribution in [3.05, 3.63) is 65.5 Å². The van der Waals surface area contributed by atoms with Crippen LogP contribution in [0.4, 0.5) is 30.2 Å². The molecule has 0 aliphatic rings. The second-order valence-electron chi connectivity index (χ2n) is 10.2. The normalized spacial score (nSPS) is 11.5. The molecule has 0 saturated carbocycles. The molecule has 0 radical (unpaired) electrons. The van der Waals surface area contributed by atoms with Crippen molar-refractivity contribution in [3.63, 3.8) is 0 Å². The number of rotatable bonds is 11. The van der Waals surface area contributed by atoms with Crippen LogP contribution in [0.15, 0.2) is 48.7 Å². The minimum Gasteiger partial charge on any atom is -0.495 e. The van der Waals surface area contributed by atoms with E-state index >= 15 is 0 Å². The van der Waals surface area contributed by atoms with E-state index in [0.29, 0.717) is 57.7 Å². The Balaban J connectivity index is 1.59. The van der Waals surface area contributed by atoms with Crippen molar-refractivity contribution in [3.8, 4) is 17.6 Å². The van der Waals surface area contributed by atoms with Gasteiger partial charge in [0.1, 0.15) is 11.3 Å². The standard InChI is InChI=1S/C29H32F3N9O2/c1-17(28(42)36-23-13-21(34)26(43-5)14-25(23)40(4)11-10-39(2)3)6-8-22-19-12-18(15-33)7-9-24(19)41(38-22)27-20(16-35-37-27)29(30,31)32/h7,9,12-14,16H,1,6,8,10-11,34H2,2-5H3,(H,35,37)(H,36,42). The Morgan fingerprint density at radius 2 is 1.98 bits per heavy atom. The molecule has 14 heteroatoms. The third-order valence-electron chi connectivity index (χ3n) is 6.90. The quantitative estimate of drug-likeness (QED) is 0.172. The van der Waals surface area contributed by atoms with Crippen LogP contribution in [0, 0.1) is 11.3 Å². The average molecular weight is 596 g/mol. The number of H-pyrrole nitrogens is 1. The molecule has 2 aromatic carbocycles. The lowest BCUT2D eigenvalue weighted by atomic mass is 10.0. The van der Waals surface area contributed by atoms with E-state index in [2.05, 4.69) is 27.2 Å². The van der Waals surface area contributed by atoms with Crippen LogP contribution in [-0.2, 0) is 17.4 Å². The molecule has 1 amide bonds. The van der Waals surface area contributed by atoms with Crippen LogP contribution < -0.4 is 20.7 Å². The van der Waals surface area contributed by atoms with Crippen molar-refractivity contribution in [2.45, 2.75) is 19.0 Å². The van der Waals surface area contributed by atoms with Gasteiger partial charge in [-0.2, -0.15) is 28.6 Å². The van der Waals surface area contributed by atoms with Gasteiger partial charge in [0.25, 0.3) is 5.91 Å². The van der Waals surface area contributed by atoms with Crippen LogP contribution in [0.3, 0.4) is 0 Å². The summed E-state index contributed by atoms with van der Waals surface area (Å²) in [6.07, 6.45) is -3.66. The number of hydrogen-bond acceptors (Lipinski definition) is 8. The van der Waals surface area contributed by atoms with Gasteiger partial charge in [-0.05, 0) is 51.2 Å². The van der Waals surface area contributed by atoms with E-state index < -0.39 is 17.6 Å². The highest BCUT2D eigenvalue weighted by atomic mass is 19.4. The van der Waals surface area contributed by atoms with E-state index in [-0.39, 0.29) is 24.2 Å². The predicted octanol–water partition coefficient (Wildman–Crippen LogP) is 4.36. The fourth-order valence-corrected chi connectivity index (χ4v) is 4.50. The molecule has 4 rings (SSSR count). The molecular weight excluding hydrogens is 563 g/mol. The highest BCUT2D eigenvalue weighted by Crippen LogP contribution is 2.36. The summed E-state index contributed by atoms with van der Waals surface area (Å²) in [5, 5.41) is 23.1. The number of nitrogen functional groups attached to an aromatic ring is 1. The van der Waals surface area contributed by atoms with E-state index in [1.54, 1.807) is 18.2 Å². The lowest BCUT2D eigenvalue weighted by molar-refractivity contribution is -0.137. The second kappa shape index (κ2) is 12.5. The molecule has 2 heterocycles. The molecular formula is C29H32F3N9O2. The van der Waals surface area contributed by atoms with E-state index in [1.807, 2.05) is 37.0 Å². The number of ether oxygens (including phenoxy) is 1. The number of carbonyl (C=O) groups excluding carboxylic acids is 1. The minimum atomic E-state index is -4.66. The zero-order chi connectivity index (χ0) is 31.5. The Bertz CT molecular complexity index is 1700. The number of nitrogens with two attached hydrogens (primary N) is 1. The summed E-state index contributed by atoms with van der Waals surface area (Å²) < 4.78 is 47.3. The first kappa shape index (κ1) is 30.9. The molecule has 11 nitrogen and oxygen atoms in total. The van der Waals surface area contributed by atoms with Gasteiger partial charge in [-0.3, -0.25) is 9.89 Å². The Hall–Kier alpha value is -5.03. The van der Waals surface area contributed by atoms with Gasteiger partial charge in [-0.15, -0.1) is 0 Å². The Kier molecular flexibility index (Phi) is 8.96. The van der Waals surface area contributed by atoms with E-state index in [4.69, 9.17) is 10.5 Å². The maximum Gasteiger partial charge on any atom is 0.421 e. The lowest BCUT2D eigenvalue weighted by Crippen LogP contribution is -2.29. The Labute approximate surface area is 246 Å². The highest BCUT2D eigenvalue weighted by Gasteiger charge is 2.36. The number of nitriles is 1. The highest BCUT2D eigenvalue weighted by molar-refractivity contribution is 6.05. The summed E-state index contributed by atoms with van der Waals surface area (Å²) in [7, 11) is 7.32. The number of anilines is 3. The fraction of sp³-hybridized carbons (Fsp3) is 0.310. The van der Waals surface area contributed by atoms with Gasteiger partial charge in [-0.1, -0.05) is 6.58 Å². The van der Waals surface area contributed by atoms with Gasteiger partial charge in [0.2, 0.25) is 0 Å². The molecule has 0 unspecified atom stereocenters. The number of halogens is 3. The van der Waals surface area contributed by atoms with E-state index in [0.717, 1.165) is 11.2 Å². The van der Waals surface area contributed by atoms with Crippen LogP contribution >= 0.6 is 0 Å². The number of nitrogens with zero attached hydrogens (tertiary/aromatic N) is 6. The molecule has 43 heavy (non-hydrogen) atoms. The average Bonchev–Trinajstić information content (AvgIpc) is 3.59. The summed E-state index contributed by atoms with van der Waals surface area (Å²) in [5.41, 5.74) is 7.92. The summed E-state index contributed by atoms with van der Waals surface area (Å²) >= 11 is 0. The number of likely N-dealkylation sites (N-methyl/N-ethyl adjacent to an activating group) is 2. The molecule has 0 saturated heterocycles. The van der Waals surface area contributed by atoms with Gasteiger partial charge >= 0.3 is 6.18 Å². The van der Waals surface area contributed by atoms with Crippen LogP contribution in [-0.4, -0.2) is 72.1 Å². The second-order valence-corrected chi connectivity index (χ2v) is 10.2. The molecule has 4 aromatic rings. The van der Waals surface area contributed by atoms with Crippen molar-refractivity contribution in [1.29, 1.82) is 5.26 Å². The zero-order valence-corrected chi connectivity index (χ0v) is 24.2. The molecule has 0 aliphatic heterocycles. The van der Waals surface area contributed by atoms with E-state index in [9.17, 15) is 23.2 Å². The Morgan fingerprint density at radius 1 is 1.23 bits per heavy atom. The molecule has 0 bridgehead atoms. The summed E-state index contributed by atoms with van der Waals surface area (Å²) in [5.74, 6) is -0.345. The van der Waals surface area contributed by atoms with Crippen molar-refractivity contribution >= 4 is 33.9 Å². The molecule has 2 aromatic heterocycles. The van der Waals surface area contributed by atoms with E-state index in [1.165, 1.54) is 19.2 Å². The third-order valence-corrected chi connectivity index (χ3v) is 6.90. The SMILES string of the molecule is C=C(CCc1nn(-c2[nH]ncc2C(F)(F)F)c2ccc(C#N)cc12)C(=O)Nc1cc(N)c(OC)cc1N(C)CCN(C)C. The summed E-state index contributed by atoms with van der Waals surface area (Å²) in [6.45, 7) is 5.36. The van der Waals surface area contributed by atoms with Gasteiger partial charge in [-0.25, -0.2) is 4.68 Å². The summed E-state index contributed by atoms with van der Waals surface area (Å²) in [4.78, 5) is 17.2. The number of aromatic amines is 1. The fourth-order valence-electron chi connectivity index (χ4n) is 4.50. The largest absolute Gasteiger partial charge is 0.495 e. The lowest BCUT2D eigenvalue weighted by Gasteiger charge is -2.25. The van der Waals surface area contributed by atoms with Crippen LogP contribution in [0.5, 0.6) is 5.75 Å². The van der Waals surface area contributed by atoms with Crippen molar-refractivity contribution in [1.82, 2.24) is 24.9 Å². The third kappa shape index (κ3) is 6.73. The van der Waals surface area contributed by atoms with Crippen molar-refractivity contribution in [2.75, 3.05) is 57.3 Å². The minimum absolute atomic E-state index is 0.140. The number of fused-ring (bicyclic) bond motifs is 1. The summed E-state index contributed by atoms with van der Waals surface area (Å²) in [6, 6.07) is 9.97. The van der Waals surface area contributed by atoms with Crippen molar-refractivity contribution in [2.24, 2.45) is 0 Å². The molecule has 0 aliphatic carbocycles. The number of alkyl halides is 3. The maximum absolute atomic E-state index is 13.6. The van der Waals surface area contributed by atoms with Gasteiger partial charge in [0, 0.05) is 37.2 Å². The molecule has 0 fully saturated rings. The topological polar surface area (TPSA) is 141 Å². The first-order chi connectivity index (χ1) is 20.3. The van der Waals surface area contributed by atoms with Crippen LogP contribution in [0.1, 0.15) is 23.2 Å². The van der Waals surface area contributed by atoms with Gasteiger partial charge in [0.05, 0.1) is 53.2 Å². The van der Waals surface area contributed by atoms with Gasteiger partial charge in [0.15, 0.2) is 5.82 Å². The van der Waals surface area contributed by atoms with Crippen molar-refractivity contribution < 1.29 is 22.7 Å². The monoisotopic (exact) mass is 595 g/mol. The van der Waals surface area contributed by atoms with Crippen LogP contribution in [0.2, 0.25) is 0 Å². The first-order valence-electron chi connectivity index (χ1n) is 13.2. The molecule has 226 valence electrons. The molecule has 0 spiro atoms. The maximum atomic E-state index is 13.6. The number of aryl methyl sites for hydroxylation is 1. The first-order valence-corrected chi connectivity index (χ1v) is 13.2. The predicted molar refractivity (Wildman–Crippen MR) is 158 cm³/mol. The van der Waals surface area contributed by atoms with Crippen LogP contribution in [0.25, 0.3) is 16.7 Å². The number of nitrogens with one attached hydrogen (secondary N) is 2. The Morgan fingerprint density at radius 3 is 2.63 bits per heavy atom. The van der Waals surface area contributed by atoms with Gasteiger partial charge < -0.3 is 25.6 Å². The molecule has 4 N–H and O–H groups in total. The smallest absolute Gasteiger partial charge is 0.421 e. The number of methoxy groups -OCH3 is 1. The number of aromatic nitrogens is 4.